The molecule has 1 aliphatic heterocycles. The van der Waals surface area contributed by atoms with Crippen molar-refractivity contribution in [3.05, 3.63) is 29.6 Å². The maximum atomic E-state index is 12.5. The van der Waals surface area contributed by atoms with Crippen molar-refractivity contribution in [3.63, 3.8) is 0 Å². The summed E-state index contributed by atoms with van der Waals surface area (Å²) < 4.78 is 7.11. The lowest BCUT2D eigenvalue weighted by molar-refractivity contribution is -0.144. The molecular weight excluding hydrogens is 424 g/mol. The van der Waals surface area contributed by atoms with E-state index in [2.05, 4.69) is 21.7 Å². The number of carbonyl (C=O) groups excluding carboxylic acids is 3. The molecule has 1 unspecified atom stereocenters. The average Bonchev–Trinajstić information content (AvgIpc) is 3.14. The van der Waals surface area contributed by atoms with E-state index < -0.39 is 12.0 Å². The Labute approximate surface area is 194 Å². The summed E-state index contributed by atoms with van der Waals surface area (Å²) in [6.07, 6.45) is 0. The molecule has 1 aromatic heterocycles. The average molecular weight is 459 g/mol. The predicted octanol–water partition coefficient (Wildman–Crippen LogP) is 1.54. The molecule has 33 heavy (non-hydrogen) atoms. The second kappa shape index (κ2) is 10.7. The Hall–Kier alpha value is -3.14. The van der Waals surface area contributed by atoms with E-state index in [0.29, 0.717) is 38.3 Å². The summed E-state index contributed by atoms with van der Waals surface area (Å²) >= 11 is 0. The fourth-order valence-electron chi connectivity index (χ4n) is 3.96. The fraction of sp³-hybridized carbons (Fsp3) is 0.565. The lowest BCUT2D eigenvalue weighted by Crippen LogP contribution is -2.54. The molecule has 180 valence electrons. The van der Waals surface area contributed by atoms with E-state index in [9.17, 15) is 14.4 Å². The van der Waals surface area contributed by atoms with Crippen molar-refractivity contribution in [2.75, 3.05) is 46.9 Å². The van der Waals surface area contributed by atoms with Crippen LogP contribution in [0.2, 0.25) is 0 Å². The monoisotopic (exact) mass is 458 g/mol. The number of benzene rings is 1. The number of amides is 3. The summed E-state index contributed by atoms with van der Waals surface area (Å²) in [5.74, 6) is 0.463. The van der Waals surface area contributed by atoms with Gasteiger partial charge in [-0.25, -0.2) is 14.6 Å². The van der Waals surface area contributed by atoms with E-state index in [1.54, 1.807) is 37.7 Å². The number of fused-ring (bicyclic) bond motifs is 1. The molecule has 0 radical (unpaired) electrons. The third-order valence-electron chi connectivity index (χ3n) is 5.80. The maximum absolute atomic E-state index is 12.5. The Balaban J connectivity index is 1.63. The highest BCUT2D eigenvalue weighted by atomic mass is 16.5. The molecule has 1 aromatic carbocycles. The molecule has 0 aliphatic carbocycles. The smallest absolute Gasteiger partial charge is 0.328 e. The summed E-state index contributed by atoms with van der Waals surface area (Å²) in [7, 11) is 3.47. The second-order valence-electron chi connectivity index (χ2n) is 8.36. The van der Waals surface area contributed by atoms with Gasteiger partial charge >= 0.3 is 12.0 Å². The molecule has 1 N–H and O–H groups in total. The van der Waals surface area contributed by atoms with Gasteiger partial charge in [-0.1, -0.05) is 0 Å². The van der Waals surface area contributed by atoms with E-state index in [0.717, 1.165) is 23.4 Å². The number of nitrogens with zero attached hydrogens (tertiary/aromatic N) is 5. The van der Waals surface area contributed by atoms with Crippen LogP contribution in [0.15, 0.2) is 18.2 Å². The number of urea groups is 1. The zero-order valence-electron chi connectivity index (χ0n) is 20.1. The van der Waals surface area contributed by atoms with E-state index in [-0.39, 0.29) is 18.5 Å². The molecule has 0 bridgehead atoms. The summed E-state index contributed by atoms with van der Waals surface area (Å²) in [6.45, 7) is 9.71. The van der Waals surface area contributed by atoms with Crippen LogP contribution in [-0.4, -0.2) is 95.1 Å². The number of aryl methyl sites for hydroxylation is 1. The first-order chi connectivity index (χ1) is 15.7. The van der Waals surface area contributed by atoms with Crippen molar-refractivity contribution in [2.24, 2.45) is 0 Å². The highest BCUT2D eigenvalue weighted by Crippen LogP contribution is 2.20. The molecule has 1 atom stereocenters. The van der Waals surface area contributed by atoms with Gasteiger partial charge in [-0.05, 0) is 39.0 Å². The van der Waals surface area contributed by atoms with E-state index in [1.165, 1.54) is 0 Å². The summed E-state index contributed by atoms with van der Waals surface area (Å²) in [4.78, 5) is 46.9. The number of aromatic nitrogens is 2. The standard InChI is InChI=1S/C23H34N6O4/c1-6-29-19-9-8-17(21(30)26(4)5)14-18(19)25-20(29)15-27-10-12-28(13-11-27)23(32)24-16(3)22(31)33-7-2/h8-9,14,16H,6-7,10-13,15H2,1-5H3,(H,24,32). The van der Waals surface area contributed by atoms with Crippen molar-refractivity contribution in [1.82, 2.24) is 29.6 Å². The minimum Gasteiger partial charge on any atom is -0.464 e. The van der Waals surface area contributed by atoms with Crippen LogP contribution in [0.25, 0.3) is 11.0 Å². The van der Waals surface area contributed by atoms with Crippen LogP contribution in [0.4, 0.5) is 4.79 Å². The molecule has 3 amide bonds. The van der Waals surface area contributed by atoms with Crippen molar-refractivity contribution < 1.29 is 19.1 Å². The number of hydrogen-bond acceptors (Lipinski definition) is 6. The quantitative estimate of drug-likeness (QED) is 0.632. The lowest BCUT2D eigenvalue weighted by Gasteiger charge is -2.34. The van der Waals surface area contributed by atoms with Gasteiger partial charge in [0.1, 0.15) is 11.9 Å². The first kappa shape index (κ1) is 24.5. The van der Waals surface area contributed by atoms with Crippen molar-refractivity contribution in [2.45, 2.75) is 39.9 Å². The third kappa shape index (κ3) is 5.62. The first-order valence-electron chi connectivity index (χ1n) is 11.4. The molecular formula is C23H34N6O4. The Bertz CT molecular complexity index is 1010. The van der Waals surface area contributed by atoms with Gasteiger partial charge in [-0.2, -0.15) is 0 Å². The van der Waals surface area contributed by atoms with Crippen LogP contribution < -0.4 is 5.32 Å². The van der Waals surface area contributed by atoms with Gasteiger partial charge in [-0.3, -0.25) is 9.69 Å². The number of hydrogen-bond donors (Lipinski definition) is 1. The number of piperazine rings is 1. The Morgan fingerprint density at radius 1 is 1.15 bits per heavy atom. The van der Waals surface area contributed by atoms with E-state index in [4.69, 9.17) is 9.72 Å². The minimum atomic E-state index is -0.677. The molecule has 1 aliphatic rings. The molecule has 3 rings (SSSR count). The highest BCUT2D eigenvalue weighted by Gasteiger charge is 2.25. The Morgan fingerprint density at radius 2 is 1.85 bits per heavy atom. The number of imidazole rings is 1. The topological polar surface area (TPSA) is 100 Å². The Kier molecular flexibility index (Phi) is 7.91. The second-order valence-corrected chi connectivity index (χ2v) is 8.36. The normalized spacial score (nSPS) is 15.4. The maximum Gasteiger partial charge on any atom is 0.328 e. The van der Waals surface area contributed by atoms with Gasteiger partial charge in [0.25, 0.3) is 5.91 Å². The fourth-order valence-corrected chi connectivity index (χ4v) is 3.96. The van der Waals surface area contributed by atoms with Crippen LogP contribution in [-0.2, 0) is 22.6 Å². The molecule has 2 aromatic rings. The number of ether oxygens (including phenoxy) is 1. The van der Waals surface area contributed by atoms with Crippen LogP contribution in [0, 0.1) is 0 Å². The SMILES string of the molecule is CCOC(=O)C(C)NC(=O)N1CCN(Cc2nc3cc(C(=O)N(C)C)ccc3n2CC)CC1. The molecule has 10 heteroatoms. The van der Waals surface area contributed by atoms with Gasteiger partial charge < -0.3 is 24.4 Å². The highest BCUT2D eigenvalue weighted by molar-refractivity contribution is 5.97. The van der Waals surface area contributed by atoms with Crippen molar-refractivity contribution in [3.8, 4) is 0 Å². The van der Waals surface area contributed by atoms with Gasteiger partial charge in [0, 0.05) is 52.4 Å². The summed E-state index contributed by atoms with van der Waals surface area (Å²) in [5.41, 5.74) is 2.44. The number of carbonyl (C=O) groups is 3. The third-order valence-corrected chi connectivity index (χ3v) is 5.80. The van der Waals surface area contributed by atoms with E-state index >= 15 is 0 Å². The molecule has 2 heterocycles. The largest absolute Gasteiger partial charge is 0.464 e. The van der Waals surface area contributed by atoms with Gasteiger partial charge in [0.2, 0.25) is 0 Å². The zero-order valence-corrected chi connectivity index (χ0v) is 20.1. The van der Waals surface area contributed by atoms with Crippen molar-refractivity contribution in [1.29, 1.82) is 0 Å². The van der Waals surface area contributed by atoms with Gasteiger partial charge in [-0.15, -0.1) is 0 Å². The molecule has 10 nitrogen and oxygen atoms in total. The zero-order chi connectivity index (χ0) is 24.1. The molecule has 0 spiro atoms. The van der Waals surface area contributed by atoms with Crippen LogP contribution >= 0.6 is 0 Å². The predicted molar refractivity (Wildman–Crippen MR) is 125 cm³/mol. The van der Waals surface area contributed by atoms with Gasteiger partial charge in [0.05, 0.1) is 24.2 Å². The minimum absolute atomic E-state index is 0.0452. The van der Waals surface area contributed by atoms with Crippen LogP contribution in [0.3, 0.4) is 0 Å². The number of rotatable bonds is 7. The number of nitrogens with one attached hydrogen (secondary N) is 1. The number of esters is 1. The lowest BCUT2D eigenvalue weighted by atomic mass is 10.2. The van der Waals surface area contributed by atoms with Crippen LogP contribution in [0.1, 0.15) is 37.0 Å². The van der Waals surface area contributed by atoms with Crippen molar-refractivity contribution >= 4 is 28.9 Å². The summed E-state index contributed by atoms with van der Waals surface area (Å²) in [6, 6.07) is 4.72. The summed E-state index contributed by atoms with van der Waals surface area (Å²) in [5, 5.41) is 2.70. The van der Waals surface area contributed by atoms with E-state index in [1.807, 2.05) is 18.2 Å². The first-order valence-corrected chi connectivity index (χ1v) is 11.4. The molecule has 0 saturated carbocycles. The van der Waals surface area contributed by atoms with Crippen LogP contribution in [0.5, 0.6) is 0 Å². The Morgan fingerprint density at radius 3 is 2.45 bits per heavy atom. The molecule has 1 fully saturated rings. The van der Waals surface area contributed by atoms with Gasteiger partial charge in [0.15, 0.2) is 0 Å². The molecule has 1 saturated heterocycles.